The zero-order valence-corrected chi connectivity index (χ0v) is 9.43. The summed E-state index contributed by atoms with van der Waals surface area (Å²) in [6.45, 7) is 3.02. The molecule has 0 amide bonds. The van der Waals surface area contributed by atoms with Gasteiger partial charge in [-0.3, -0.25) is 0 Å². The Morgan fingerprint density at radius 2 is 2.38 bits per heavy atom. The average Bonchev–Trinajstić information content (AvgIpc) is 2.69. The van der Waals surface area contributed by atoms with E-state index in [1.54, 1.807) is 0 Å². The predicted octanol–water partition coefficient (Wildman–Crippen LogP) is 1.19. The highest BCUT2D eigenvalue weighted by molar-refractivity contribution is 5.39. The van der Waals surface area contributed by atoms with Crippen LogP contribution in [0.3, 0.4) is 0 Å². The Bertz CT molecular complexity index is 419. The molecule has 0 bridgehead atoms. The van der Waals surface area contributed by atoms with Crippen LogP contribution in [0.25, 0.3) is 5.65 Å². The van der Waals surface area contributed by atoms with Crippen molar-refractivity contribution in [2.75, 3.05) is 6.61 Å². The summed E-state index contributed by atoms with van der Waals surface area (Å²) in [5.74, 6) is 0. The Morgan fingerprint density at radius 1 is 1.50 bits per heavy atom. The van der Waals surface area contributed by atoms with E-state index < -0.39 is 0 Å². The van der Waals surface area contributed by atoms with Gasteiger partial charge in [0.05, 0.1) is 5.69 Å². The standard InChI is InChI=1S/C12H17N3O/c1-10(5-7-16)13-8-11-9-15-6-3-2-4-12(15)14-11/h2-4,6,9-10,13,16H,5,7-8H2,1H3. The minimum absolute atomic E-state index is 0.222. The number of aromatic nitrogens is 2. The fraction of sp³-hybridized carbons (Fsp3) is 0.417. The number of nitrogens with zero attached hydrogens (tertiary/aromatic N) is 2. The van der Waals surface area contributed by atoms with E-state index in [0.29, 0.717) is 6.04 Å². The average molecular weight is 219 g/mol. The van der Waals surface area contributed by atoms with Gasteiger partial charge in [-0.2, -0.15) is 0 Å². The predicted molar refractivity (Wildman–Crippen MR) is 63.2 cm³/mol. The van der Waals surface area contributed by atoms with Crippen LogP contribution in [0.15, 0.2) is 30.6 Å². The third-order valence-electron chi connectivity index (χ3n) is 2.61. The Hall–Kier alpha value is -1.39. The highest BCUT2D eigenvalue weighted by atomic mass is 16.3. The summed E-state index contributed by atoms with van der Waals surface area (Å²) in [7, 11) is 0. The van der Waals surface area contributed by atoms with Crippen LogP contribution in [0.1, 0.15) is 19.0 Å². The van der Waals surface area contributed by atoms with E-state index in [4.69, 9.17) is 5.11 Å². The number of hydrogen-bond donors (Lipinski definition) is 2. The van der Waals surface area contributed by atoms with Crippen molar-refractivity contribution in [2.45, 2.75) is 25.9 Å². The van der Waals surface area contributed by atoms with Gasteiger partial charge in [-0.15, -0.1) is 0 Å². The van der Waals surface area contributed by atoms with E-state index >= 15 is 0 Å². The summed E-state index contributed by atoms with van der Waals surface area (Å²) in [5.41, 5.74) is 1.99. The molecule has 4 nitrogen and oxygen atoms in total. The fourth-order valence-electron chi connectivity index (χ4n) is 1.65. The van der Waals surface area contributed by atoms with E-state index in [2.05, 4.69) is 17.2 Å². The lowest BCUT2D eigenvalue weighted by atomic mass is 10.2. The second-order valence-corrected chi connectivity index (χ2v) is 3.99. The van der Waals surface area contributed by atoms with Crippen molar-refractivity contribution < 1.29 is 5.11 Å². The first-order chi connectivity index (χ1) is 7.79. The first-order valence-corrected chi connectivity index (χ1v) is 5.56. The fourth-order valence-corrected chi connectivity index (χ4v) is 1.65. The van der Waals surface area contributed by atoms with Crippen LogP contribution in [0, 0.1) is 0 Å². The van der Waals surface area contributed by atoms with Crippen LogP contribution >= 0.6 is 0 Å². The van der Waals surface area contributed by atoms with Crippen molar-refractivity contribution in [2.24, 2.45) is 0 Å². The molecule has 0 spiro atoms. The Labute approximate surface area is 94.9 Å². The number of pyridine rings is 1. The van der Waals surface area contributed by atoms with Gasteiger partial charge in [-0.05, 0) is 25.5 Å². The SMILES string of the molecule is CC(CCO)NCc1cn2ccccc2n1. The van der Waals surface area contributed by atoms with Gasteiger partial charge < -0.3 is 14.8 Å². The molecule has 16 heavy (non-hydrogen) atoms. The van der Waals surface area contributed by atoms with E-state index in [1.165, 1.54) is 0 Å². The monoisotopic (exact) mass is 219 g/mol. The van der Waals surface area contributed by atoms with Crippen LogP contribution in [0.5, 0.6) is 0 Å². The summed E-state index contributed by atoms with van der Waals surface area (Å²) >= 11 is 0. The Balaban J connectivity index is 1.99. The highest BCUT2D eigenvalue weighted by Gasteiger charge is 2.03. The van der Waals surface area contributed by atoms with Crippen LogP contribution in [-0.4, -0.2) is 27.1 Å². The molecule has 4 heteroatoms. The van der Waals surface area contributed by atoms with Crippen molar-refractivity contribution in [3.63, 3.8) is 0 Å². The summed E-state index contributed by atoms with van der Waals surface area (Å²) < 4.78 is 2.01. The van der Waals surface area contributed by atoms with Crippen LogP contribution in [0.4, 0.5) is 0 Å². The maximum absolute atomic E-state index is 8.79. The van der Waals surface area contributed by atoms with Crippen LogP contribution in [0.2, 0.25) is 0 Å². The van der Waals surface area contributed by atoms with Gasteiger partial charge in [0.25, 0.3) is 0 Å². The smallest absolute Gasteiger partial charge is 0.137 e. The molecule has 0 saturated heterocycles. The molecule has 0 saturated carbocycles. The summed E-state index contributed by atoms with van der Waals surface area (Å²) in [6, 6.07) is 6.27. The molecule has 0 aliphatic rings. The highest BCUT2D eigenvalue weighted by Crippen LogP contribution is 2.04. The lowest BCUT2D eigenvalue weighted by molar-refractivity contribution is 0.268. The Kier molecular flexibility index (Phi) is 3.54. The van der Waals surface area contributed by atoms with E-state index in [1.807, 2.05) is 35.0 Å². The van der Waals surface area contributed by atoms with Gasteiger partial charge in [0, 0.05) is 31.6 Å². The molecule has 2 heterocycles. The summed E-state index contributed by atoms with van der Waals surface area (Å²) in [6.07, 6.45) is 4.78. The number of aliphatic hydroxyl groups is 1. The zero-order chi connectivity index (χ0) is 11.4. The van der Waals surface area contributed by atoms with Gasteiger partial charge in [-0.25, -0.2) is 4.98 Å². The topological polar surface area (TPSA) is 49.6 Å². The number of hydrogen-bond acceptors (Lipinski definition) is 3. The summed E-state index contributed by atoms with van der Waals surface area (Å²) in [5, 5.41) is 12.1. The second kappa shape index (κ2) is 5.09. The Morgan fingerprint density at radius 3 is 3.12 bits per heavy atom. The number of nitrogens with one attached hydrogen (secondary N) is 1. The molecule has 0 radical (unpaired) electrons. The maximum Gasteiger partial charge on any atom is 0.137 e. The normalized spacial score (nSPS) is 13.1. The molecule has 2 rings (SSSR count). The second-order valence-electron chi connectivity index (χ2n) is 3.99. The molecule has 1 atom stereocenters. The van der Waals surface area contributed by atoms with Crippen molar-refractivity contribution in [3.05, 3.63) is 36.3 Å². The quantitative estimate of drug-likeness (QED) is 0.794. The van der Waals surface area contributed by atoms with Crippen molar-refractivity contribution in [1.82, 2.24) is 14.7 Å². The van der Waals surface area contributed by atoms with E-state index in [-0.39, 0.29) is 6.61 Å². The summed E-state index contributed by atoms with van der Waals surface area (Å²) in [4.78, 5) is 4.48. The molecule has 2 aromatic heterocycles. The molecule has 0 aromatic carbocycles. The first kappa shape index (κ1) is 11.1. The van der Waals surface area contributed by atoms with Crippen LogP contribution < -0.4 is 5.32 Å². The molecule has 2 N–H and O–H groups in total. The number of rotatable bonds is 5. The molecular weight excluding hydrogens is 202 g/mol. The van der Waals surface area contributed by atoms with Crippen molar-refractivity contribution >= 4 is 5.65 Å². The molecule has 0 aliphatic carbocycles. The van der Waals surface area contributed by atoms with Crippen molar-refractivity contribution in [1.29, 1.82) is 0 Å². The third kappa shape index (κ3) is 2.59. The first-order valence-electron chi connectivity index (χ1n) is 5.56. The van der Waals surface area contributed by atoms with Gasteiger partial charge in [0.15, 0.2) is 0 Å². The molecule has 1 unspecified atom stereocenters. The molecule has 86 valence electrons. The molecular formula is C12H17N3O. The number of aliphatic hydroxyl groups excluding tert-OH is 1. The molecule has 2 aromatic rings. The largest absolute Gasteiger partial charge is 0.396 e. The van der Waals surface area contributed by atoms with Gasteiger partial charge >= 0.3 is 0 Å². The van der Waals surface area contributed by atoms with E-state index in [9.17, 15) is 0 Å². The lowest BCUT2D eigenvalue weighted by Gasteiger charge is -2.10. The van der Waals surface area contributed by atoms with Gasteiger partial charge in [0.1, 0.15) is 5.65 Å². The lowest BCUT2D eigenvalue weighted by Crippen LogP contribution is -2.26. The molecule has 0 fully saturated rings. The van der Waals surface area contributed by atoms with Gasteiger partial charge in [0.2, 0.25) is 0 Å². The maximum atomic E-state index is 8.79. The van der Waals surface area contributed by atoms with Gasteiger partial charge in [-0.1, -0.05) is 6.07 Å². The minimum atomic E-state index is 0.222. The molecule has 0 aliphatic heterocycles. The van der Waals surface area contributed by atoms with E-state index in [0.717, 1.165) is 24.3 Å². The minimum Gasteiger partial charge on any atom is -0.396 e. The third-order valence-corrected chi connectivity index (χ3v) is 2.61. The van der Waals surface area contributed by atoms with Crippen molar-refractivity contribution in [3.8, 4) is 0 Å². The zero-order valence-electron chi connectivity index (χ0n) is 9.43. The number of imidazole rings is 1. The number of fused-ring (bicyclic) bond motifs is 1. The van der Waals surface area contributed by atoms with Crippen LogP contribution in [-0.2, 0) is 6.54 Å².